The molecule has 0 aliphatic heterocycles. The fourth-order valence-corrected chi connectivity index (χ4v) is 3.53. The summed E-state index contributed by atoms with van der Waals surface area (Å²) in [4.78, 5) is 52.8. The Morgan fingerprint density at radius 1 is 0.939 bits per heavy atom. The second-order valence-corrected chi connectivity index (χ2v) is 7.64. The number of aromatic amines is 1. The van der Waals surface area contributed by atoms with E-state index in [9.17, 15) is 19.2 Å². The summed E-state index contributed by atoms with van der Waals surface area (Å²) >= 11 is 5.88. The highest BCUT2D eigenvalue weighted by molar-refractivity contribution is 6.30. The maximum absolute atomic E-state index is 12.9. The second-order valence-electron chi connectivity index (χ2n) is 7.20. The van der Waals surface area contributed by atoms with Crippen molar-refractivity contribution in [2.75, 3.05) is 10.6 Å². The molecule has 3 aromatic carbocycles. The summed E-state index contributed by atoms with van der Waals surface area (Å²) in [6.07, 6.45) is 0. The standard InChI is InChI=1S/C24H19ClN4O4/c1-2-29-23(32)18-12-7-14(13-20(18)28-24(29)33)21(30)27-19-6-4-3-5-17(19)22(31)26-16-10-8-15(25)9-11-16/h3-13H,2H2,1H3,(H,26,31)(H,27,30)(H,28,33). The van der Waals surface area contributed by atoms with Crippen molar-refractivity contribution in [2.45, 2.75) is 13.5 Å². The highest BCUT2D eigenvalue weighted by atomic mass is 35.5. The van der Waals surface area contributed by atoms with Crippen molar-refractivity contribution in [3.63, 3.8) is 0 Å². The Hall–Kier alpha value is -4.17. The minimum atomic E-state index is -0.545. The van der Waals surface area contributed by atoms with Gasteiger partial charge in [-0.25, -0.2) is 4.79 Å². The number of para-hydroxylation sites is 1. The number of hydrogen-bond donors (Lipinski definition) is 3. The van der Waals surface area contributed by atoms with E-state index in [0.717, 1.165) is 4.57 Å². The number of nitrogens with one attached hydrogen (secondary N) is 3. The van der Waals surface area contributed by atoms with Crippen molar-refractivity contribution in [3.8, 4) is 0 Å². The SMILES string of the molecule is CCn1c(=O)[nH]c2cc(C(=O)Nc3ccccc3C(=O)Nc3ccc(Cl)cc3)ccc2c1=O. The lowest BCUT2D eigenvalue weighted by Crippen LogP contribution is -2.34. The monoisotopic (exact) mass is 462 g/mol. The van der Waals surface area contributed by atoms with E-state index in [4.69, 9.17) is 11.6 Å². The summed E-state index contributed by atoms with van der Waals surface area (Å²) in [7, 11) is 0. The molecule has 1 heterocycles. The van der Waals surface area contributed by atoms with Crippen molar-refractivity contribution in [1.82, 2.24) is 9.55 Å². The molecule has 0 spiro atoms. The molecule has 0 radical (unpaired) electrons. The average molecular weight is 463 g/mol. The molecule has 3 N–H and O–H groups in total. The topological polar surface area (TPSA) is 113 Å². The number of anilines is 2. The van der Waals surface area contributed by atoms with Crippen molar-refractivity contribution in [2.24, 2.45) is 0 Å². The number of H-pyrrole nitrogens is 1. The van der Waals surface area contributed by atoms with Crippen LogP contribution >= 0.6 is 11.6 Å². The average Bonchev–Trinajstić information content (AvgIpc) is 2.80. The quantitative estimate of drug-likeness (QED) is 0.418. The van der Waals surface area contributed by atoms with Crippen LogP contribution in [0.4, 0.5) is 11.4 Å². The van der Waals surface area contributed by atoms with E-state index in [1.807, 2.05) is 0 Å². The number of hydrogen-bond acceptors (Lipinski definition) is 4. The second kappa shape index (κ2) is 9.13. The van der Waals surface area contributed by atoms with Crippen LogP contribution in [0.15, 0.2) is 76.3 Å². The number of benzene rings is 3. The van der Waals surface area contributed by atoms with Gasteiger partial charge in [-0.05, 0) is 61.5 Å². The molecule has 9 heteroatoms. The van der Waals surface area contributed by atoms with Crippen LogP contribution in [0, 0.1) is 0 Å². The number of aromatic nitrogens is 2. The first-order valence-electron chi connectivity index (χ1n) is 10.1. The van der Waals surface area contributed by atoms with Crippen LogP contribution < -0.4 is 21.9 Å². The number of carbonyl (C=O) groups excluding carboxylic acids is 2. The predicted octanol–water partition coefficient (Wildman–Crippen LogP) is 3.87. The van der Waals surface area contributed by atoms with E-state index < -0.39 is 23.1 Å². The van der Waals surface area contributed by atoms with E-state index in [2.05, 4.69) is 15.6 Å². The van der Waals surface area contributed by atoms with Crippen LogP contribution in [-0.4, -0.2) is 21.4 Å². The molecule has 2 amide bonds. The van der Waals surface area contributed by atoms with Crippen LogP contribution in [0.3, 0.4) is 0 Å². The molecule has 4 aromatic rings. The van der Waals surface area contributed by atoms with Gasteiger partial charge in [0.1, 0.15) is 0 Å². The lowest BCUT2D eigenvalue weighted by Gasteiger charge is -2.12. The number of rotatable bonds is 5. The largest absolute Gasteiger partial charge is 0.328 e. The fourth-order valence-electron chi connectivity index (χ4n) is 3.40. The van der Waals surface area contributed by atoms with Gasteiger partial charge < -0.3 is 15.6 Å². The molecular formula is C24H19ClN4O4. The molecule has 0 aliphatic carbocycles. The normalized spacial score (nSPS) is 10.7. The third-order valence-electron chi connectivity index (χ3n) is 5.08. The molecule has 0 atom stereocenters. The first kappa shape index (κ1) is 22.0. The van der Waals surface area contributed by atoms with Crippen LogP contribution in [0.1, 0.15) is 27.6 Å². The molecular weight excluding hydrogens is 444 g/mol. The van der Waals surface area contributed by atoms with Crippen LogP contribution in [0.5, 0.6) is 0 Å². The van der Waals surface area contributed by atoms with Crippen molar-refractivity contribution >= 4 is 45.7 Å². The van der Waals surface area contributed by atoms with Gasteiger partial charge in [0.15, 0.2) is 0 Å². The zero-order valence-corrected chi connectivity index (χ0v) is 18.3. The summed E-state index contributed by atoms with van der Waals surface area (Å²) in [5, 5.41) is 6.33. The summed E-state index contributed by atoms with van der Waals surface area (Å²) in [6, 6.07) is 17.7. The third-order valence-corrected chi connectivity index (χ3v) is 5.33. The number of halogens is 1. The maximum atomic E-state index is 12.9. The molecule has 0 saturated carbocycles. The first-order valence-corrected chi connectivity index (χ1v) is 10.5. The smallest absolute Gasteiger partial charge is 0.322 e. The molecule has 8 nitrogen and oxygen atoms in total. The lowest BCUT2D eigenvalue weighted by molar-refractivity contribution is 0.102. The lowest BCUT2D eigenvalue weighted by atomic mass is 10.1. The predicted molar refractivity (Wildman–Crippen MR) is 128 cm³/mol. The Labute approximate surface area is 192 Å². The van der Waals surface area contributed by atoms with Crippen LogP contribution in [0.2, 0.25) is 5.02 Å². The molecule has 4 rings (SSSR count). The molecule has 33 heavy (non-hydrogen) atoms. The van der Waals surface area contributed by atoms with Gasteiger partial charge in [-0.3, -0.25) is 19.0 Å². The highest BCUT2D eigenvalue weighted by Crippen LogP contribution is 2.20. The number of amides is 2. The van der Waals surface area contributed by atoms with E-state index >= 15 is 0 Å². The van der Waals surface area contributed by atoms with Gasteiger partial charge in [-0.2, -0.15) is 0 Å². The van der Waals surface area contributed by atoms with Gasteiger partial charge >= 0.3 is 5.69 Å². The van der Waals surface area contributed by atoms with Gasteiger partial charge in [-0.1, -0.05) is 23.7 Å². The number of nitrogens with zero attached hydrogens (tertiary/aromatic N) is 1. The molecule has 0 saturated heterocycles. The number of carbonyl (C=O) groups is 2. The maximum Gasteiger partial charge on any atom is 0.328 e. The molecule has 1 aromatic heterocycles. The molecule has 166 valence electrons. The van der Waals surface area contributed by atoms with Crippen molar-refractivity contribution in [3.05, 3.63) is 104 Å². The van der Waals surface area contributed by atoms with E-state index in [1.165, 1.54) is 18.2 Å². The summed E-state index contributed by atoms with van der Waals surface area (Å²) in [6.45, 7) is 1.94. The minimum Gasteiger partial charge on any atom is -0.322 e. The highest BCUT2D eigenvalue weighted by Gasteiger charge is 2.16. The zero-order valence-electron chi connectivity index (χ0n) is 17.5. The Bertz CT molecular complexity index is 1490. The molecule has 0 fully saturated rings. The van der Waals surface area contributed by atoms with E-state index in [-0.39, 0.29) is 23.2 Å². The number of fused-ring (bicyclic) bond motifs is 1. The van der Waals surface area contributed by atoms with E-state index in [1.54, 1.807) is 55.5 Å². The summed E-state index contributed by atoms with van der Waals surface area (Å²) < 4.78 is 1.08. The molecule has 0 bridgehead atoms. The Balaban J connectivity index is 1.61. The molecule has 0 aliphatic rings. The third kappa shape index (κ3) is 4.56. The zero-order chi connectivity index (χ0) is 23.5. The van der Waals surface area contributed by atoms with Crippen molar-refractivity contribution in [1.29, 1.82) is 0 Å². The van der Waals surface area contributed by atoms with Gasteiger partial charge in [0.2, 0.25) is 0 Å². The Morgan fingerprint density at radius 3 is 2.39 bits per heavy atom. The van der Waals surface area contributed by atoms with E-state index in [0.29, 0.717) is 21.8 Å². The summed E-state index contributed by atoms with van der Waals surface area (Å²) in [5.74, 6) is -0.902. The van der Waals surface area contributed by atoms with Crippen molar-refractivity contribution < 1.29 is 9.59 Å². The first-order chi connectivity index (χ1) is 15.9. The van der Waals surface area contributed by atoms with Gasteiger partial charge in [-0.15, -0.1) is 0 Å². The van der Waals surface area contributed by atoms with Crippen LogP contribution in [-0.2, 0) is 6.54 Å². The minimum absolute atomic E-state index is 0.222. The molecule has 0 unspecified atom stereocenters. The Kier molecular flexibility index (Phi) is 6.10. The van der Waals surface area contributed by atoms with Crippen LogP contribution in [0.25, 0.3) is 10.9 Å². The fraction of sp³-hybridized carbons (Fsp3) is 0.0833. The Morgan fingerprint density at radius 2 is 1.67 bits per heavy atom. The summed E-state index contributed by atoms with van der Waals surface area (Å²) in [5.41, 5.74) is 0.645. The van der Waals surface area contributed by atoms with Gasteiger partial charge in [0.05, 0.1) is 22.2 Å². The van der Waals surface area contributed by atoms with Gasteiger partial charge in [0, 0.05) is 22.8 Å². The van der Waals surface area contributed by atoms with Gasteiger partial charge in [0.25, 0.3) is 17.4 Å².